The molecular formula is C20H25N5O5. The van der Waals surface area contributed by atoms with Gasteiger partial charge >= 0.3 is 5.69 Å². The molecule has 0 spiro atoms. The van der Waals surface area contributed by atoms with Crippen LogP contribution in [-0.4, -0.2) is 47.5 Å². The molecule has 1 amide bonds. The zero-order valence-electron chi connectivity index (χ0n) is 17.0. The Morgan fingerprint density at radius 1 is 1.37 bits per heavy atom. The summed E-state index contributed by atoms with van der Waals surface area (Å²) in [4.78, 5) is 46.8. The molecule has 1 atom stereocenters. The number of oxime groups is 1. The van der Waals surface area contributed by atoms with Gasteiger partial charge in [-0.2, -0.15) is 0 Å². The first-order valence-electron chi connectivity index (χ1n) is 9.69. The Morgan fingerprint density at radius 3 is 2.77 bits per heavy atom. The van der Waals surface area contributed by atoms with Crippen LogP contribution in [0.2, 0.25) is 0 Å². The van der Waals surface area contributed by atoms with Crippen molar-refractivity contribution < 1.29 is 14.4 Å². The van der Waals surface area contributed by atoms with Gasteiger partial charge in [-0.25, -0.2) is 4.79 Å². The van der Waals surface area contributed by atoms with Crippen LogP contribution in [0.25, 0.3) is 0 Å². The lowest BCUT2D eigenvalue weighted by Gasteiger charge is -2.25. The van der Waals surface area contributed by atoms with Crippen molar-refractivity contribution in [2.45, 2.75) is 32.4 Å². The van der Waals surface area contributed by atoms with Gasteiger partial charge in [0.25, 0.3) is 11.5 Å². The monoisotopic (exact) mass is 415 g/mol. The number of H-pyrrole nitrogens is 1. The van der Waals surface area contributed by atoms with Crippen molar-refractivity contribution in [3.63, 3.8) is 0 Å². The fraction of sp³-hybridized carbons (Fsp3) is 0.400. The van der Waals surface area contributed by atoms with Crippen molar-refractivity contribution in [3.05, 3.63) is 56.7 Å². The van der Waals surface area contributed by atoms with Crippen LogP contribution in [0.5, 0.6) is 0 Å². The fourth-order valence-electron chi connectivity index (χ4n) is 3.28. The van der Waals surface area contributed by atoms with E-state index in [1.165, 1.54) is 16.6 Å². The zero-order chi connectivity index (χ0) is 21.7. The standard InChI is InChI=1S/C20H25N5O5/c1-3-9-25-17(21)16(18(26)22-20(25)28)24(10-11-29-2)19(27)15-12-14(23-30-15)13-7-5-4-6-8-13/h4-8,15H,3,9-12,21H2,1-2H3,(H,22,26,28). The van der Waals surface area contributed by atoms with Crippen LogP contribution in [0.4, 0.5) is 11.5 Å². The lowest BCUT2D eigenvalue weighted by Crippen LogP contribution is -2.46. The first-order valence-corrected chi connectivity index (χ1v) is 9.69. The van der Waals surface area contributed by atoms with E-state index in [9.17, 15) is 14.4 Å². The molecule has 1 aliphatic heterocycles. The molecule has 1 unspecified atom stereocenters. The number of hydrogen-bond donors (Lipinski definition) is 2. The largest absolute Gasteiger partial charge is 0.383 e. The lowest BCUT2D eigenvalue weighted by atomic mass is 10.0. The number of rotatable bonds is 8. The molecule has 1 aliphatic rings. The summed E-state index contributed by atoms with van der Waals surface area (Å²) in [5, 5.41) is 4.04. The fourth-order valence-corrected chi connectivity index (χ4v) is 3.28. The van der Waals surface area contributed by atoms with Crippen LogP contribution < -0.4 is 21.9 Å². The molecule has 0 fully saturated rings. The molecule has 1 aromatic heterocycles. The molecule has 2 heterocycles. The Balaban J connectivity index is 1.92. The van der Waals surface area contributed by atoms with Gasteiger partial charge in [0.2, 0.25) is 6.10 Å². The van der Waals surface area contributed by atoms with E-state index >= 15 is 0 Å². The Bertz CT molecular complexity index is 1040. The van der Waals surface area contributed by atoms with Gasteiger partial charge in [-0.05, 0) is 12.0 Å². The normalized spacial score (nSPS) is 15.5. The van der Waals surface area contributed by atoms with Crippen molar-refractivity contribution in [2.24, 2.45) is 5.16 Å². The van der Waals surface area contributed by atoms with Crippen LogP contribution in [0, 0.1) is 0 Å². The maximum Gasteiger partial charge on any atom is 0.330 e. The van der Waals surface area contributed by atoms with Gasteiger partial charge in [0.1, 0.15) is 5.82 Å². The summed E-state index contributed by atoms with van der Waals surface area (Å²) in [5.41, 5.74) is 6.18. The van der Waals surface area contributed by atoms with E-state index in [0.717, 1.165) is 5.56 Å². The summed E-state index contributed by atoms with van der Waals surface area (Å²) in [6.45, 7) is 2.41. The number of ether oxygens (including phenoxy) is 1. The van der Waals surface area contributed by atoms with E-state index in [1.54, 1.807) is 0 Å². The maximum absolute atomic E-state index is 13.3. The summed E-state index contributed by atoms with van der Waals surface area (Å²) in [5.74, 6) is -0.558. The molecule has 0 radical (unpaired) electrons. The molecule has 2 aromatic rings. The molecule has 0 saturated heterocycles. The van der Waals surface area contributed by atoms with Crippen LogP contribution in [0.1, 0.15) is 25.3 Å². The highest BCUT2D eigenvalue weighted by atomic mass is 16.6. The second-order valence-electron chi connectivity index (χ2n) is 6.83. The molecular weight excluding hydrogens is 390 g/mol. The van der Waals surface area contributed by atoms with Crippen LogP contribution in [0.3, 0.4) is 0 Å². The molecule has 0 aliphatic carbocycles. The third-order valence-corrected chi connectivity index (χ3v) is 4.77. The van der Waals surface area contributed by atoms with Crippen LogP contribution in [-0.2, 0) is 20.9 Å². The molecule has 160 valence electrons. The summed E-state index contributed by atoms with van der Waals surface area (Å²) < 4.78 is 6.33. The number of hydrogen-bond acceptors (Lipinski definition) is 7. The molecule has 3 rings (SSSR count). The van der Waals surface area contributed by atoms with E-state index in [-0.39, 0.29) is 31.1 Å². The minimum Gasteiger partial charge on any atom is -0.383 e. The quantitative estimate of drug-likeness (QED) is 0.652. The van der Waals surface area contributed by atoms with Gasteiger partial charge in [0, 0.05) is 26.6 Å². The Hall–Kier alpha value is -3.40. The summed E-state index contributed by atoms with van der Waals surface area (Å²) >= 11 is 0. The first kappa shape index (κ1) is 21.3. The topological polar surface area (TPSA) is 132 Å². The predicted octanol–water partition coefficient (Wildman–Crippen LogP) is 0.701. The number of nitrogen functional groups attached to an aromatic ring is 1. The van der Waals surface area contributed by atoms with Gasteiger partial charge in [-0.3, -0.25) is 24.0 Å². The average molecular weight is 415 g/mol. The summed E-state index contributed by atoms with van der Waals surface area (Å²) in [7, 11) is 1.48. The Morgan fingerprint density at radius 2 is 2.10 bits per heavy atom. The minimum absolute atomic E-state index is 0.0630. The first-order chi connectivity index (χ1) is 14.5. The van der Waals surface area contributed by atoms with E-state index in [0.29, 0.717) is 18.7 Å². The number of anilines is 2. The molecule has 10 heteroatoms. The Labute approximate surface area is 172 Å². The number of carbonyl (C=O) groups excluding carboxylic acids is 1. The third kappa shape index (κ3) is 4.28. The number of amides is 1. The SMILES string of the molecule is CCCn1c(N)c(N(CCOC)C(=O)C2CC(c3ccccc3)=NO2)c(=O)[nH]c1=O. The van der Waals surface area contributed by atoms with Gasteiger partial charge < -0.3 is 15.3 Å². The van der Waals surface area contributed by atoms with Gasteiger partial charge in [0.05, 0.1) is 12.3 Å². The average Bonchev–Trinajstić information content (AvgIpc) is 3.24. The third-order valence-electron chi connectivity index (χ3n) is 4.77. The smallest absolute Gasteiger partial charge is 0.330 e. The number of benzene rings is 1. The maximum atomic E-state index is 13.3. The van der Waals surface area contributed by atoms with Crippen molar-refractivity contribution in [1.29, 1.82) is 0 Å². The molecule has 0 saturated carbocycles. The molecule has 3 N–H and O–H groups in total. The number of methoxy groups -OCH3 is 1. The number of carbonyl (C=O) groups is 1. The van der Waals surface area contributed by atoms with Crippen molar-refractivity contribution in [3.8, 4) is 0 Å². The molecule has 0 bridgehead atoms. The lowest BCUT2D eigenvalue weighted by molar-refractivity contribution is -0.128. The highest BCUT2D eigenvalue weighted by Crippen LogP contribution is 2.23. The molecule has 10 nitrogen and oxygen atoms in total. The second-order valence-corrected chi connectivity index (χ2v) is 6.83. The van der Waals surface area contributed by atoms with Crippen molar-refractivity contribution >= 4 is 23.1 Å². The number of aromatic amines is 1. The van der Waals surface area contributed by atoms with E-state index in [4.69, 9.17) is 15.3 Å². The van der Waals surface area contributed by atoms with Gasteiger partial charge in [0.15, 0.2) is 5.69 Å². The highest BCUT2D eigenvalue weighted by molar-refractivity contribution is 6.07. The van der Waals surface area contributed by atoms with Gasteiger partial charge in [-0.15, -0.1) is 0 Å². The Kier molecular flexibility index (Phi) is 6.68. The van der Waals surface area contributed by atoms with Crippen molar-refractivity contribution in [1.82, 2.24) is 9.55 Å². The second kappa shape index (κ2) is 9.40. The zero-order valence-corrected chi connectivity index (χ0v) is 17.0. The number of nitrogens with two attached hydrogens (primary N) is 1. The van der Waals surface area contributed by atoms with Gasteiger partial charge in [-0.1, -0.05) is 42.4 Å². The molecule has 30 heavy (non-hydrogen) atoms. The minimum atomic E-state index is -0.914. The summed E-state index contributed by atoms with van der Waals surface area (Å²) in [6, 6.07) is 9.38. The number of aromatic nitrogens is 2. The highest BCUT2D eigenvalue weighted by Gasteiger charge is 2.35. The predicted molar refractivity (Wildman–Crippen MR) is 113 cm³/mol. The number of nitrogens with zero attached hydrogens (tertiary/aromatic N) is 3. The van der Waals surface area contributed by atoms with E-state index in [2.05, 4.69) is 10.1 Å². The number of nitrogens with one attached hydrogen (secondary N) is 1. The van der Waals surface area contributed by atoms with E-state index in [1.807, 2.05) is 37.3 Å². The summed E-state index contributed by atoms with van der Waals surface area (Å²) in [6.07, 6.45) is -0.0391. The van der Waals surface area contributed by atoms with E-state index < -0.39 is 23.3 Å². The van der Waals surface area contributed by atoms with Crippen LogP contribution in [0.15, 0.2) is 45.1 Å². The van der Waals surface area contributed by atoms with Crippen LogP contribution >= 0.6 is 0 Å². The molecule has 1 aromatic carbocycles. The van der Waals surface area contributed by atoms with Crippen molar-refractivity contribution in [2.75, 3.05) is 30.9 Å².